The minimum absolute atomic E-state index is 0.0213. The van der Waals surface area contributed by atoms with Crippen LogP contribution < -0.4 is 21.1 Å². The van der Waals surface area contributed by atoms with Gasteiger partial charge in [0.05, 0.1) is 24.3 Å². The molecule has 0 saturated heterocycles. The Labute approximate surface area is 116 Å². The Balaban J connectivity index is 2.73. The van der Waals surface area contributed by atoms with E-state index >= 15 is 0 Å². The Hall–Kier alpha value is -2.15. The van der Waals surface area contributed by atoms with Gasteiger partial charge in [-0.2, -0.15) is 0 Å². The normalized spacial score (nSPS) is 9.58. The highest BCUT2D eigenvalue weighted by Crippen LogP contribution is 2.24. The van der Waals surface area contributed by atoms with Gasteiger partial charge < -0.3 is 21.1 Å². The van der Waals surface area contributed by atoms with E-state index in [0.29, 0.717) is 11.4 Å². The van der Waals surface area contributed by atoms with Gasteiger partial charge in [0.15, 0.2) is 0 Å². The third kappa shape index (κ3) is 4.55. The van der Waals surface area contributed by atoms with Gasteiger partial charge >= 0.3 is 11.8 Å². The molecule has 0 aliphatic carbocycles. The minimum atomic E-state index is -0.809. The summed E-state index contributed by atoms with van der Waals surface area (Å²) < 4.78 is 5.09. The number of methoxy groups -OCH3 is 1. The number of amides is 2. The van der Waals surface area contributed by atoms with Crippen molar-refractivity contribution in [2.75, 3.05) is 19.0 Å². The van der Waals surface area contributed by atoms with Crippen molar-refractivity contribution in [3.63, 3.8) is 0 Å². The van der Waals surface area contributed by atoms with Crippen molar-refractivity contribution in [2.45, 2.75) is 6.92 Å². The van der Waals surface area contributed by atoms with Crippen molar-refractivity contribution in [1.29, 1.82) is 0 Å². The Morgan fingerprint density at radius 3 is 2.63 bits per heavy atom. The summed E-state index contributed by atoms with van der Waals surface area (Å²) in [6.45, 7) is 1.84. The topological polar surface area (TPSA) is 93.4 Å². The molecule has 0 fully saturated rings. The highest BCUT2D eigenvalue weighted by Gasteiger charge is 2.15. The Bertz CT molecular complexity index is 517. The number of anilines is 1. The van der Waals surface area contributed by atoms with Crippen LogP contribution in [0.2, 0.25) is 0 Å². The Kier molecular flexibility index (Phi) is 5.25. The fourth-order valence-corrected chi connectivity index (χ4v) is 1.42. The molecular weight excluding hydrogens is 266 g/mol. The van der Waals surface area contributed by atoms with Crippen molar-refractivity contribution < 1.29 is 14.3 Å². The first kappa shape index (κ1) is 14.9. The molecule has 7 heteroatoms. The zero-order valence-electron chi connectivity index (χ0n) is 10.6. The van der Waals surface area contributed by atoms with E-state index in [-0.39, 0.29) is 11.5 Å². The fraction of sp³-hybridized carbons (Fsp3) is 0.250. The molecule has 0 spiro atoms. The van der Waals surface area contributed by atoms with Crippen LogP contribution in [-0.4, -0.2) is 30.5 Å². The van der Waals surface area contributed by atoms with Gasteiger partial charge in [0.1, 0.15) is 5.75 Å². The number of aryl methyl sites for hydroxylation is 1. The highest BCUT2D eigenvalue weighted by molar-refractivity contribution is 7.80. The largest absolute Gasteiger partial charge is 0.495 e. The second-order valence-corrected chi connectivity index (χ2v) is 4.33. The molecule has 0 radical (unpaired) electrons. The summed E-state index contributed by atoms with van der Waals surface area (Å²) in [5.41, 5.74) is 6.58. The van der Waals surface area contributed by atoms with Crippen LogP contribution in [0.25, 0.3) is 0 Å². The summed E-state index contributed by atoms with van der Waals surface area (Å²) in [5.74, 6) is -1.14. The Morgan fingerprint density at radius 1 is 1.37 bits per heavy atom. The van der Waals surface area contributed by atoms with Crippen LogP contribution in [0.15, 0.2) is 18.2 Å². The molecule has 1 rings (SSSR count). The van der Waals surface area contributed by atoms with Crippen molar-refractivity contribution in [2.24, 2.45) is 5.73 Å². The van der Waals surface area contributed by atoms with Crippen LogP contribution in [0, 0.1) is 6.92 Å². The molecular formula is C12H15N3O3S. The summed E-state index contributed by atoms with van der Waals surface area (Å²) in [6.07, 6.45) is 0. The monoisotopic (exact) mass is 281 g/mol. The average Bonchev–Trinajstić information content (AvgIpc) is 2.36. The van der Waals surface area contributed by atoms with Crippen molar-refractivity contribution in [3.05, 3.63) is 23.8 Å². The van der Waals surface area contributed by atoms with Gasteiger partial charge in [-0.05, 0) is 24.6 Å². The smallest absolute Gasteiger partial charge is 0.313 e. The number of thiocarbonyl (C=S) groups is 1. The standard InChI is InChI=1S/C12H15N3O3S/c1-7-3-4-9(18-2)8(5-7)15-12(17)11(16)14-6-10(13)19/h3-5H,6H2,1-2H3,(H2,13,19)(H,14,16)(H,15,17). The van der Waals surface area contributed by atoms with Crippen LogP contribution in [0.3, 0.4) is 0 Å². The molecule has 0 unspecified atom stereocenters. The molecule has 1 aromatic rings. The van der Waals surface area contributed by atoms with E-state index in [9.17, 15) is 9.59 Å². The van der Waals surface area contributed by atoms with E-state index in [0.717, 1.165) is 5.56 Å². The first-order valence-electron chi connectivity index (χ1n) is 5.46. The molecule has 0 atom stereocenters. The van der Waals surface area contributed by atoms with Gasteiger partial charge in [-0.15, -0.1) is 0 Å². The molecule has 2 amide bonds. The number of hydrogen-bond acceptors (Lipinski definition) is 4. The average molecular weight is 281 g/mol. The third-order valence-corrected chi connectivity index (χ3v) is 2.38. The van der Waals surface area contributed by atoms with E-state index in [4.69, 9.17) is 10.5 Å². The summed E-state index contributed by atoms with van der Waals surface area (Å²) in [6, 6.07) is 5.25. The number of nitrogens with two attached hydrogens (primary N) is 1. The van der Waals surface area contributed by atoms with Crippen molar-refractivity contribution in [1.82, 2.24) is 5.32 Å². The van der Waals surface area contributed by atoms with Gasteiger partial charge in [-0.1, -0.05) is 18.3 Å². The summed E-state index contributed by atoms with van der Waals surface area (Å²) in [7, 11) is 1.48. The summed E-state index contributed by atoms with van der Waals surface area (Å²) >= 11 is 4.60. The van der Waals surface area contributed by atoms with Crippen LogP contribution in [0.5, 0.6) is 5.75 Å². The lowest BCUT2D eigenvalue weighted by Crippen LogP contribution is -2.39. The van der Waals surface area contributed by atoms with Gasteiger partial charge in [0.25, 0.3) is 0 Å². The molecule has 1 aromatic carbocycles. The quantitative estimate of drug-likeness (QED) is 0.547. The minimum Gasteiger partial charge on any atom is -0.495 e. The number of carbonyl (C=O) groups excluding carboxylic acids is 2. The second-order valence-electron chi connectivity index (χ2n) is 3.81. The van der Waals surface area contributed by atoms with E-state index in [1.807, 2.05) is 13.0 Å². The molecule has 0 aliphatic rings. The lowest BCUT2D eigenvalue weighted by Gasteiger charge is -2.10. The lowest BCUT2D eigenvalue weighted by atomic mass is 10.2. The molecule has 0 heterocycles. The van der Waals surface area contributed by atoms with Crippen LogP contribution >= 0.6 is 12.2 Å². The molecule has 0 saturated carbocycles. The third-order valence-electron chi connectivity index (χ3n) is 2.23. The van der Waals surface area contributed by atoms with Gasteiger partial charge in [-0.3, -0.25) is 9.59 Å². The zero-order chi connectivity index (χ0) is 14.4. The Morgan fingerprint density at radius 2 is 2.05 bits per heavy atom. The van der Waals surface area contributed by atoms with Crippen molar-refractivity contribution in [3.8, 4) is 5.75 Å². The molecule has 102 valence electrons. The maximum Gasteiger partial charge on any atom is 0.313 e. The van der Waals surface area contributed by atoms with E-state index in [1.165, 1.54) is 7.11 Å². The SMILES string of the molecule is COc1ccc(C)cc1NC(=O)C(=O)NCC(N)=S. The molecule has 0 aliphatic heterocycles. The second kappa shape index (κ2) is 6.69. The van der Waals surface area contributed by atoms with Gasteiger partial charge in [-0.25, -0.2) is 0 Å². The van der Waals surface area contributed by atoms with Crippen LogP contribution in [-0.2, 0) is 9.59 Å². The summed E-state index contributed by atoms with van der Waals surface area (Å²) in [4.78, 5) is 23.2. The molecule has 19 heavy (non-hydrogen) atoms. The number of hydrogen-bond donors (Lipinski definition) is 3. The predicted molar refractivity (Wildman–Crippen MR) is 76.2 cm³/mol. The number of nitrogens with one attached hydrogen (secondary N) is 2. The van der Waals surface area contributed by atoms with E-state index < -0.39 is 11.8 Å². The van der Waals surface area contributed by atoms with Gasteiger partial charge in [0.2, 0.25) is 0 Å². The first-order valence-corrected chi connectivity index (χ1v) is 5.87. The highest BCUT2D eigenvalue weighted by atomic mass is 32.1. The molecule has 0 aromatic heterocycles. The number of benzene rings is 1. The molecule has 0 bridgehead atoms. The maximum absolute atomic E-state index is 11.6. The fourth-order valence-electron chi connectivity index (χ4n) is 1.35. The zero-order valence-corrected chi connectivity index (χ0v) is 11.5. The van der Waals surface area contributed by atoms with Gasteiger partial charge in [0, 0.05) is 0 Å². The maximum atomic E-state index is 11.6. The number of carbonyl (C=O) groups is 2. The predicted octanol–water partition coefficient (Wildman–Crippen LogP) is 0.344. The number of rotatable bonds is 4. The van der Waals surface area contributed by atoms with E-state index in [2.05, 4.69) is 22.9 Å². The molecule has 6 nitrogen and oxygen atoms in total. The lowest BCUT2D eigenvalue weighted by molar-refractivity contribution is -0.135. The van der Waals surface area contributed by atoms with Crippen LogP contribution in [0.1, 0.15) is 5.56 Å². The number of ether oxygens (including phenoxy) is 1. The van der Waals surface area contributed by atoms with Crippen LogP contribution in [0.4, 0.5) is 5.69 Å². The van der Waals surface area contributed by atoms with Crippen molar-refractivity contribution >= 4 is 34.7 Å². The van der Waals surface area contributed by atoms with E-state index in [1.54, 1.807) is 12.1 Å². The molecule has 4 N–H and O–H groups in total. The first-order chi connectivity index (χ1) is 8.93. The summed E-state index contributed by atoms with van der Waals surface area (Å²) in [5, 5.41) is 4.76.